The Morgan fingerprint density at radius 2 is 1.81 bits per heavy atom. The van der Waals surface area contributed by atoms with Crippen molar-refractivity contribution in [2.75, 3.05) is 26.1 Å². The van der Waals surface area contributed by atoms with Crippen molar-refractivity contribution in [3.8, 4) is 23.0 Å². The standard InChI is InChI=1S/C27H26N2O7/c1-17(30)36-24-7-5-4-6-22(24)27(32)28-20-9-11-23-19(12-20)15-29(26(31)16-35-23)14-18-8-10-21(33-2)13-25(18)34-3/h4-13H,14-16H2,1-3H3,(H,28,32). The second-order valence-electron chi connectivity index (χ2n) is 8.08. The minimum atomic E-state index is -0.518. The Kier molecular flexibility index (Phi) is 7.39. The molecule has 3 aromatic rings. The summed E-state index contributed by atoms with van der Waals surface area (Å²) in [5.74, 6) is 0.872. The molecule has 36 heavy (non-hydrogen) atoms. The fraction of sp³-hybridized carbons (Fsp3) is 0.222. The summed E-state index contributed by atoms with van der Waals surface area (Å²) in [6.07, 6.45) is 0. The van der Waals surface area contributed by atoms with E-state index in [1.165, 1.54) is 6.92 Å². The molecule has 0 aliphatic carbocycles. The van der Waals surface area contributed by atoms with Crippen LogP contribution in [-0.2, 0) is 22.7 Å². The molecule has 0 fully saturated rings. The minimum absolute atomic E-state index is 0.104. The number of hydrogen-bond acceptors (Lipinski definition) is 7. The molecule has 0 saturated heterocycles. The molecular formula is C27H26N2O7. The topological polar surface area (TPSA) is 103 Å². The molecule has 1 aliphatic rings. The summed E-state index contributed by atoms with van der Waals surface area (Å²) in [6.45, 7) is 1.75. The lowest BCUT2D eigenvalue weighted by atomic mass is 10.1. The van der Waals surface area contributed by atoms with Gasteiger partial charge in [-0.1, -0.05) is 12.1 Å². The van der Waals surface area contributed by atoms with Crippen LogP contribution >= 0.6 is 0 Å². The number of para-hydroxylation sites is 1. The highest BCUT2D eigenvalue weighted by Gasteiger charge is 2.24. The first-order valence-electron chi connectivity index (χ1n) is 11.2. The largest absolute Gasteiger partial charge is 0.497 e. The number of carbonyl (C=O) groups is 3. The number of esters is 1. The van der Waals surface area contributed by atoms with Crippen LogP contribution in [0.2, 0.25) is 0 Å². The van der Waals surface area contributed by atoms with Crippen LogP contribution < -0.4 is 24.3 Å². The van der Waals surface area contributed by atoms with Crippen LogP contribution in [0.15, 0.2) is 60.7 Å². The van der Waals surface area contributed by atoms with E-state index in [0.29, 0.717) is 29.5 Å². The molecule has 0 bridgehead atoms. The molecule has 0 aromatic heterocycles. The molecule has 0 unspecified atom stereocenters. The summed E-state index contributed by atoms with van der Waals surface area (Å²) in [5, 5.41) is 2.83. The molecule has 1 heterocycles. The number of ether oxygens (including phenoxy) is 4. The van der Waals surface area contributed by atoms with Crippen molar-refractivity contribution >= 4 is 23.5 Å². The summed E-state index contributed by atoms with van der Waals surface area (Å²) in [4.78, 5) is 38.8. The van der Waals surface area contributed by atoms with E-state index < -0.39 is 11.9 Å². The van der Waals surface area contributed by atoms with Crippen LogP contribution in [0.25, 0.3) is 0 Å². The van der Waals surface area contributed by atoms with Gasteiger partial charge in [0.25, 0.3) is 11.8 Å². The molecule has 1 N–H and O–H groups in total. The number of hydrogen-bond donors (Lipinski definition) is 1. The van der Waals surface area contributed by atoms with E-state index in [4.69, 9.17) is 18.9 Å². The van der Waals surface area contributed by atoms with Crippen LogP contribution in [0.5, 0.6) is 23.0 Å². The van der Waals surface area contributed by atoms with E-state index >= 15 is 0 Å². The van der Waals surface area contributed by atoms with Gasteiger partial charge in [0.2, 0.25) is 0 Å². The third-order valence-corrected chi connectivity index (χ3v) is 5.62. The van der Waals surface area contributed by atoms with Crippen LogP contribution in [0.1, 0.15) is 28.4 Å². The molecule has 0 spiro atoms. The number of amides is 2. The highest BCUT2D eigenvalue weighted by Crippen LogP contribution is 2.31. The van der Waals surface area contributed by atoms with E-state index in [-0.39, 0.29) is 30.4 Å². The SMILES string of the molecule is COc1ccc(CN2Cc3cc(NC(=O)c4ccccc4OC(C)=O)ccc3OCC2=O)c(OC)c1. The number of benzene rings is 3. The van der Waals surface area contributed by atoms with Gasteiger partial charge in [-0.15, -0.1) is 0 Å². The van der Waals surface area contributed by atoms with Crippen LogP contribution in [-0.4, -0.2) is 43.5 Å². The summed E-state index contributed by atoms with van der Waals surface area (Å²) in [6, 6.07) is 17.1. The van der Waals surface area contributed by atoms with Crippen molar-refractivity contribution in [3.63, 3.8) is 0 Å². The number of nitrogens with zero attached hydrogens (tertiary/aromatic N) is 1. The lowest BCUT2D eigenvalue weighted by Gasteiger charge is -2.22. The van der Waals surface area contributed by atoms with Gasteiger partial charge >= 0.3 is 5.97 Å². The maximum absolute atomic E-state index is 12.9. The maximum Gasteiger partial charge on any atom is 0.308 e. The molecule has 9 heteroatoms. The van der Waals surface area contributed by atoms with Crippen molar-refractivity contribution in [2.45, 2.75) is 20.0 Å². The number of methoxy groups -OCH3 is 2. The molecule has 0 saturated carbocycles. The number of carbonyl (C=O) groups excluding carboxylic acids is 3. The fourth-order valence-electron chi connectivity index (χ4n) is 3.87. The second-order valence-corrected chi connectivity index (χ2v) is 8.08. The fourth-order valence-corrected chi connectivity index (χ4v) is 3.87. The number of anilines is 1. The molecule has 9 nitrogen and oxygen atoms in total. The van der Waals surface area contributed by atoms with Gasteiger partial charge in [-0.3, -0.25) is 14.4 Å². The molecule has 3 aromatic carbocycles. The lowest BCUT2D eigenvalue weighted by molar-refractivity contribution is -0.134. The maximum atomic E-state index is 12.9. The smallest absolute Gasteiger partial charge is 0.308 e. The zero-order chi connectivity index (χ0) is 25.7. The third-order valence-electron chi connectivity index (χ3n) is 5.62. The van der Waals surface area contributed by atoms with Gasteiger partial charge in [0.05, 0.1) is 19.8 Å². The number of fused-ring (bicyclic) bond motifs is 1. The summed E-state index contributed by atoms with van der Waals surface area (Å²) < 4.78 is 21.6. The highest BCUT2D eigenvalue weighted by atomic mass is 16.5. The molecule has 0 atom stereocenters. The van der Waals surface area contributed by atoms with Crippen molar-refractivity contribution in [1.82, 2.24) is 4.90 Å². The summed E-state index contributed by atoms with van der Waals surface area (Å²) >= 11 is 0. The average molecular weight is 491 g/mol. The predicted octanol–water partition coefficient (Wildman–Crippen LogP) is 3.80. The summed E-state index contributed by atoms with van der Waals surface area (Å²) in [7, 11) is 3.14. The predicted molar refractivity (Wildman–Crippen MR) is 131 cm³/mol. The van der Waals surface area contributed by atoms with Crippen molar-refractivity contribution in [1.29, 1.82) is 0 Å². The molecule has 0 radical (unpaired) electrons. The molecular weight excluding hydrogens is 464 g/mol. The zero-order valence-corrected chi connectivity index (χ0v) is 20.2. The van der Waals surface area contributed by atoms with Crippen molar-refractivity contribution < 1.29 is 33.3 Å². The Labute approximate surface area is 208 Å². The van der Waals surface area contributed by atoms with Crippen LogP contribution in [0.3, 0.4) is 0 Å². The molecule has 4 rings (SSSR count). The second kappa shape index (κ2) is 10.8. The number of rotatable bonds is 7. The normalized spacial score (nSPS) is 12.6. The van der Waals surface area contributed by atoms with E-state index in [1.54, 1.807) is 67.7 Å². The van der Waals surface area contributed by atoms with Gasteiger partial charge in [-0.05, 0) is 42.5 Å². The molecule has 186 valence electrons. The Bertz CT molecular complexity index is 1310. The Morgan fingerprint density at radius 3 is 2.56 bits per heavy atom. The van der Waals surface area contributed by atoms with Crippen LogP contribution in [0, 0.1) is 0 Å². The van der Waals surface area contributed by atoms with E-state index in [1.807, 2.05) is 12.1 Å². The zero-order valence-electron chi connectivity index (χ0n) is 20.2. The van der Waals surface area contributed by atoms with Crippen LogP contribution in [0.4, 0.5) is 5.69 Å². The van der Waals surface area contributed by atoms with Crippen molar-refractivity contribution in [3.05, 3.63) is 77.4 Å². The van der Waals surface area contributed by atoms with Gasteiger partial charge in [0, 0.05) is 42.9 Å². The van der Waals surface area contributed by atoms with Crippen molar-refractivity contribution in [2.24, 2.45) is 0 Å². The Morgan fingerprint density at radius 1 is 1.00 bits per heavy atom. The molecule has 1 aliphatic heterocycles. The first kappa shape index (κ1) is 24.6. The summed E-state index contributed by atoms with van der Waals surface area (Å²) in [5.41, 5.74) is 2.29. The number of nitrogens with one attached hydrogen (secondary N) is 1. The highest BCUT2D eigenvalue weighted by molar-refractivity contribution is 6.06. The Hall–Kier alpha value is -4.53. The first-order chi connectivity index (χ1) is 17.4. The molecule has 2 amide bonds. The van der Waals surface area contributed by atoms with Gasteiger partial charge < -0.3 is 29.2 Å². The monoisotopic (exact) mass is 490 g/mol. The van der Waals surface area contributed by atoms with E-state index in [2.05, 4.69) is 5.32 Å². The van der Waals surface area contributed by atoms with Gasteiger partial charge in [0.15, 0.2) is 6.61 Å². The lowest BCUT2D eigenvalue weighted by Crippen LogP contribution is -2.32. The quantitative estimate of drug-likeness (QED) is 0.397. The van der Waals surface area contributed by atoms with Gasteiger partial charge in [-0.25, -0.2) is 0 Å². The third kappa shape index (κ3) is 5.57. The average Bonchev–Trinajstić information content (AvgIpc) is 3.02. The Balaban J connectivity index is 1.55. The first-order valence-corrected chi connectivity index (χ1v) is 11.2. The van der Waals surface area contributed by atoms with Gasteiger partial charge in [0.1, 0.15) is 23.0 Å². The van der Waals surface area contributed by atoms with Gasteiger partial charge in [-0.2, -0.15) is 0 Å². The minimum Gasteiger partial charge on any atom is -0.497 e. The van der Waals surface area contributed by atoms with E-state index in [0.717, 1.165) is 11.1 Å². The van der Waals surface area contributed by atoms with E-state index in [9.17, 15) is 14.4 Å².